The monoisotopic (exact) mass is 351 g/mol. The van der Waals surface area contributed by atoms with Gasteiger partial charge in [-0.2, -0.15) is 0 Å². The topological polar surface area (TPSA) is 75.6 Å². The average Bonchev–Trinajstić information content (AvgIpc) is 2.52. The van der Waals surface area contributed by atoms with Gasteiger partial charge in [-0.05, 0) is 51.2 Å². The number of carbonyl (C=O) groups excluding carboxylic acids is 1. The van der Waals surface area contributed by atoms with Crippen LogP contribution in [0.3, 0.4) is 0 Å². The third-order valence-electron chi connectivity index (χ3n) is 4.22. The van der Waals surface area contributed by atoms with Crippen molar-refractivity contribution >= 4 is 23.6 Å². The molecule has 0 saturated heterocycles. The molecule has 1 amide bonds. The van der Waals surface area contributed by atoms with E-state index in [1.54, 1.807) is 25.1 Å². The van der Waals surface area contributed by atoms with Gasteiger partial charge in [0.15, 0.2) is 0 Å². The summed E-state index contributed by atoms with van der Waals surface area (Å²) in [6, 6.07) is 7.14. The second-order valence-corrected chi connectivity index (χ2v) is 7.44. The Morgan fingerprint density at radius 3 is 2.75 bits per heavy atom. The minimum Gasteiger partial charge on any atom is -0.480 e. The lowest BCUT2D eigenvalue weighted by molar-refractivity contribution is -0.136. The number of carboxylic acids is 1. The van der Waals surface area contributed by atoms with E-state index in [9.17, 15) is 9.59 Å². The van der Waals surface area contributed by atoms with Gasteiger partial charge in [-0.25, -0.2) is 0 Å². The molecular formula is C18H25NO4S. The number of rotatable bonds is 9. The Morgan fingerprint density at radius 1 is 1.38 bits per heavy atom. The maximum atomic E-state index is 12.4. The van der Waals surface area contributed by atoms with Crippen LogP contribution in [0.15, 0.2) is 29.2 Å². The number of ether oxygens (including phenoxy) is 1. The van der Waals surface area contributed by atoms with Crippen LogP contribution in [0.25, 0.3) is 0 Å². The van der Waals surface area contributed by atoms with E-state index in [2.05, 4.69) is 5.32 Å². The lowest BCUT2D eigenvalue weighted by Gasteiger charge is -2.34. The molecule has 0 aliphatic heterocycles. The maximum Gasteiger partial charge on any atom is 0.316 e. The van der Waals surface area contributed by atoms with Gasteiger partial charge >= 0.3 is 5.97 Å². The number of hydrogen-bond donors (Lipinski definition) is 2. The molecule has 24 heavy (non-hydrogen) atoms. The molecule has 1 unspecified atom stereocenters. The predicted octanol–water partition coefficient (Wildman–Crippen LogP) is 3.19. The summed E-state index contributed by atoms with van der Waals surface area (Å²) in [5.41, 5.74) is 0.538. The quantitative estimate of drug-likeness (QED) is 0.668. The van der Waals surface area contributed by atoms with Crippen LogP contribution in [0.2, 0.25) is 0 Å². The molecule has 5 nitrogen and oxygen atoms in total. The Morgan fingerprint density at radius 2 is 2.08 bits per heavy atom. The van der Waals surface area contributed by atoms with Gasteiger partial charge in [-0.1, -0.05) is 12.1 Å². The van der Waals surface area contributed by atoms with Crippen LogP contribution >= 0.6 is 11.8 Å². The number of aliphatic carboxylic acids is 1. The molecule has 1 fully saturated rings. The molecule has 1 aliphatic rings. The van der Waals surface area contributed by atoms with E-state index >= 15 is 0 Å². The van der Waals surface area contributed by atoms with Crippen LogP contribution in [0, 0.1) is 5.92 Å². The maximum absolute atomic E-state index is 12.4. The van der Waals surface area contributed by atoms with Gasteiger partial charge in [-0.3, -0.25) is 9.59 Å². The van der Waals surface area contributed by atoms with Crippen molar-refractivity contribution in [2.24, 2.45) is 5.92 Å². The molecule has 2 rings (SSSR count). The molecule has 0 radical (unpaired) electrons. The van der Waals surface area contributed by atoms with Gasteiger partial charge in [0.25, 0.3) is 5.91 Å². The molecule has 0 aromatic heterocycles. The van der Waals surface area contributed by atoms with Crippen molar-refractivity contribution in [1.29, 1.82) is 0 Å². The van der Waals surface area contributed by atoms with E-state index < -0.39 is 11.2 Å². The molecule has 0 heterocycles. The van der Waals surface area contributed by atoms with Crippen LogP contribution in [-0.2, 0) is 9.53 Å². The van der Waals surface area contributed by atoms with Crippen LogP contribution in [-0.4, -0.2) is 41.5 Å². The predicted molar refractivity (Wildman–Crippen MR) is 94.5 cm³/mol. The van der Waals surface area contributed by atoms with Gasteiger partial charge in [0.1, 0.15) is 5.25 Å². The number of carboxylic acid groups (broad SMARTS) is 1. The van der Waals surface area contributed by atoms with E-state index in [1.165, 1.54) is 11.8 Å². The van der Waals surface area contributed by atoms with Crippen LogP contribution in [0.4, 0.5) is 0 Å². The average molecular weight is 351 g/mol. The van der Waals surface area contributed by atoms with Gasteiger partial charge in [0.05, 0.1) is 11.7 Å². The second kappa shape index (κ2) is 9.08. The number of thioether (sulfide) groups is 1. The number of carbonyl (C=O) groups is 2. The fourth-order valence-electron chi connectivity index (χ4n) is 2.76. The summed E-state index contributed by atoms with van der Waals surface area (Å²) in [4.78, 5) is 24.1. The first kappa shape index (κ1) is 18.8. The first-order valence-corrected chi connectivity index (χ1v) is 9.27. The Balaban J connectivity index is 1.81. The van der Waals surface area contributed by atoms with E-state index in [4.69, 9.17) is 9.84 Å². The molecule has 1 saturated carbocycles. The minimum absolute atomic E-state index is 0.142. The van der Waals surface area contributed by atoms with Crippen molar-refractivity contribution in [2.45, 2.75) is 49.4 Å². The SMILES string of the molecule is CCOC1CC(CCNC(=O)c2ccccc2SC(C)C(=O)O)C1. The van der Waals surface area contributed by atoms with E-state index in [1.807, 2.05) is 13.0 Å². The summed E-state index contributed by atoms with van der Waals surface area (Å²) in [6.45, 7) is 5.02. The normalized spacial score (nSPS) is 20.9. The van der Waals surface area contributed by atoms with Gasteiger partial charge < -0.3 is 15.2 Å². The zero-order valence-electron chi connectivity index (χ0n) is 14.2. The molecule has 1 aromatic rings. The summed E-state index contributed by atoms with van der Waals surface area (Å²) in [6.07, 6.45) is 3.50. The molecular weight excluding hydrogens is 326 g/mol. The van der Waals surface area contributed by atoms with Gasteiger partial charge in [0.2, 0.25) is 0 Å². The van der Waals surface area contributed by atoms with Crippen LogP contribution in [0.5, 0.6) is 0 Å². The Kier molecular flexibility index (Phi) is 7.12. The first-order chi connectivity index (χ1) is 11.5. The summed E-state index contributed by atoms with van der Waals surface area (Å²) < 4.78 is 5.54. The molecule has 0 spiro atoms. The molecule has 132 valence electrons. The van der Waals surface area contributed by atoms with Crippen molar-refractivity contribution in [3.63, 3.8) is 0 Å². The van der Waals surface area contributed by atoms with Crippen molar-refractivity contribution in [2.75, 3.05) is 13.2 Å². The third-order valence-corrected chi connectivity index (χ3v) is 5.38. The smallest absolute Gasteiger partial charge is 0.316 e. The molecule has 6 heteroatoms. The molecule has 2 N–H and O–H groups in total. The highest BCUT2D eigenvalue weighted by Gasteiger charge is 2.29. The molecule has 0 bridgehead atoms. The first-order valence-electron chi connectivity index (χ1n) is 8.39. The van der Waals surface area contributed by atoms with E-state index in [-0.39, 0.29) is 5.91 Å². The molecule has 1 atom stereocenters. The largest absolute Gasteiger partial charge is 0.480 e. The van der Waals surface area contributed by atoms with E-state index in [0.717, 1.165) is 25.9 Å². The number of nitrogens with one attached hydrogen (secondary N) is 1. The minimum atomic E-state index is -0.885. The molecule has 1 aliphatic carbocycles. The van der Waals surface area contributed by atoms with Crippen LogP contribution in [0.1, 0.15) is 43.5 Å². The number of benzene rings is 1. The zero-order chi connectivity index (χ0) is 17.5. The zero-order valence-corrected chi connectivity index (χ0v) is 15.0. The lowest BCUT2D eigenvalue weighted by Crippen LogP contribution is -2.34. The third kappa shape index (κ3) is 5.24. The summed E-state index contributed by atoms with van der Waals surface area (Å²) in [7, 11) is 0. The van der Waals surface area contributed by atoms with Crippen molar-refractivity contribution in [3.8, 4) is 0 Å². The summed E-state index contributed by atoms with van der Waals surface area (Å²) in [5, 5.41) is 11.4. The second-order valence-electron chi connectivity index (χ2n) is 6.05. The Labute approximate surface area is 147 Å². The lowest BCUT2D eigenvalue weighted by atomic mass is 9.80. The standard InChI is InChI=1S/C18H25NO4S/c1-3-23-14-10-13(11-14)8-9-19-17(20)15-6-4-5-7-16(15)24-12(2)18(21)22/h4-7,12-14H,3,8-11H2,1-2H3,(H,19,20)(H,21,22). The fraction of sp³-hybridized carbons (Fsp3) is 0.556. The Bertz CT molecular complexity index is 572. The molecule has 1 aromatic carbocycles. The number of amides is 1. The van der Waals surface area contributed by atoms with Crippen molar-refractivity contribution in [3.05, 3.63) is 29.8 Å². The van der Waals surface area contributed by atoms with Crippen LogP contribution < -0.4 is 5.32 Å². The van der Waals surface area contributed by atoms with Crippen molar-refractivity contribution < 1.29 is 19.4 Å². The van der Waals surface area contributed by atoms with Crippen molar-refractivity contribution in [1.82, 2.24) is 5.32 Å². The van der Waals surface area contributed by atoms with Gasteiger partial charge in [0, 0.05) is 18.0 Å². The fourth-order valence-corrected chi connectivity index (χ4v) is 3.69. The number of hydrogen-bond acceptors (Lipinski definition) is 4. The van der Waals surface area contributed by atoms with E-state index in [0.29, 0.717) is 29.0 Å². The van der Waals surface area contributed by atoms with Gasteiger partial charge in [-0.15, -0.1) is 11.8 Å². The summed E-state index contributed by atoms with van der Waals surface area (Å²) >= 11 is 1.19. The highest BCUT2D eigenvalue weighted by Crippen LogP contribution is 2.32. The summed E-state index contributed by atoms with van der Waals surface area (Å²) in [5.74, 6) is -0.404. The highest BCUT2D eigenvalue weighted by atomic mass is 32.2. The Hall–Kier alpha value is -1.53. The highest BCUT2D eigenvalue weighted by molar-refractivity contribution is 8.00.